The Balaban J connectivity index is 1.67. The van der Waals surface area contributed by atoms with Crippen LogP contribution in [-0.2, 0) is 11.8 Å². The Bertz CT molecular complexity index is 586. The number of para-hydroxylation sites is 2. The Morgan fingerprint density at radius 1 is 1.40 bits per heavy atom. The minimum Gasteiger partial charge on any atom is -0.378 e. The Hall–Kier alpha value is -1.39. The molecule has 0 saturated heterocycles. The van der Waals surface area contributed by atoms with Crippen LogP contribution in [0.25, 0.3) is 11.0 Å². The van der Waals surface area contributed by atoms with Crippen LogP contribution in [0, 0.1) is 0 Å². The molecule has 1 aliphatic rings. The van der Waals surface area contributed by atoms with Crippen LogP contribution in [0.2, 0.25) is 0 Å². The molecule has 3 rings (SSSR count). The minimum absolute atomic E-state index is 0.264. The maximum atomic E-state index is 5.61. The van der Waals surface area contributed by atoms with Gasteiger partial charge in [-0.1, -0.05) is 12.1 Å². The van der Waals surface area contributed by atoms with E-state index < -0.39 is 0 Å². The fourth-order valence-corrected chi connectivity index (χ4v) is 3.05. The van der Waals surface area contributed by atoms with Crippen molar-refractivity contribution >= 4 is 11.0 Å². The number of rotatable bonds is 5. The zero-order chi connectivity index (χ0) is 14.1. The molecular formula is C16H23N3O. The van der Waals surface area contributed by atoms with E-state index >= 15 is 0 Å². The molecule has 1 aliphatic carbocycles. The maximum Gasteiger partial charge on any atom is 0.126 e. The van der Waals surface area contributed by atoms with E-state index in [9.17, 15) is 0 Å². The van der Waals surface area contributed by atoms with Gasteiger partial charge in [-0.2, -0.15) is 0 Å². The van der Waals surface area contributed by atoms with Gasteiger partial charge in [0.25, 0.3) is 0 Å². The molecule has 4 nitrogen and oxygen atoms in total. The average Bonchev–Trinajstić information content (AvgIpc) is 2.74. The lowest BCUT2D eigenvalue weighted by Crippen LogP contribution is -2.46. The second-order valence-corrected chi connectivity index (χ2v) is 5.65. The number of fused-ring (bicyclic) bond motifs is 1. The van der Waals surface area contributed by atoms with E-state index in [1.807, 2.05) is 6.07 Å². The van der Waals surface area contributed by atoms with Crippen LogP contribution >= 0.6 is 0 Å². The molecule has 0 aliphatic heterocycles. The van der Waals surface area contributed by atoms with Crippen LogP contribution in [0.5, 0.6) is 0 Å². The van der Waals surface area contributed by atoms with E-state index in [2.05, 4.69) is 49.0 Å². The summed E-state index contributed by atoms with van der Waals surface area (Å²) in [5.41, 5.74) is 2.26. The van der Waals surface area contributed by atoms with Crippen molar-refractivity contribution in [1.29, 1.82) is 0 Å². The highest BCUT2D eigenvalue weighted by Crippen LogP contribution is 2.27. The van der Waals surface area contributed by atoms with Crippen molar-refractivity contribution in [3.05, 3.63) is 30.1 Å². The number of aryl methyl sites for hydroxylation is 1. The molecule has 1 atom stereocenters. The summed E-state index contributed by atoms with van der Waals surface area (Å²) in [5.74, 6) is 1.10. The zero-order valence-corrected chi connectivity index (χ0v) is 12.5. The number of imidazole rings is 1. The first-order chi connectivity index (χ1) is 9.69. The number of nitrogens with zero attached hydrogens (tertiary/aromatic N) is 2. The molecule has 1 aromatic carbocycles. The Morgan fingerprint density at radius 3 is 2.85 bits per heavy atom. The third-order valence-electron chi connectivity index (χ3n) is 4.19. The minimum atomic E-state index is 0.264. The average molecular weight is 273 g/mol. The molecule has 1 N–H and O–H groups in total. The maximum absolute atomic E-state index is 5.61. The van der Waals surface area contributed by atoms with Gasteiger partial charge in [0.1, 0.15) is 5.82 Å². The predicted octanol–water partition coefficient (Wildman–Crippen LogP) is 2.79. The highest BCUT2D eigenvalue weighted by atomic mass is 16.5. The summed E-state index contributed by atoms with van der Waals surface area (Å²) in [7, 11) is 2.09. The van der Waals surface area contributed by atoms with Crippen LogP contribution in [0.4, 0.5) is 0 Å². The Kier molecular flexibility index (Phi) is 3.76. The molecule has 1 unspecified atom stereocenters. The standard InChI is InChI=1S/C16H23N3O/c1-4-20-13-9-12(10-13)17-11(2)16-18-14-7-5-6-8-15(14)19(16)3/h5-8,11-13,17H,4,9-10H2,1-3H3. The van der Waals surface area contributed by atoms with Crippen LogP contribution in [0.1, 0.15) is 38.6 Å². The zero-order valence-electron chi connectivity index (χ0n) is 12.5. The summed E-state index contributed by atoms with van der Waals surface area (Å²) in [5, 5.41) is 3.66. The van der Waals surface area contributed by atoms with Gasteiger partial charge in [0, 0.05) is 19.7 Å². The molecule has 4 heteroatoms. The molecule has 0 bridgehead atoms. The predicted molar refractivity (Wildman–Crippen MR) is 80.7 cm³/mol. The fourth-order valence-electron chi connectivity index (χ4n) is 3.05. The van der Waals surface area contributed by atoms with Crippen molar-refractivity contribution in [2.45, 2.75) is 44.9 Å². The largest absolute Gasteiger partial charge is 0.378 e. The van der Waals surface area contributed by atoms with Gasteiger partial charge in [0.2, 0.25) is 0 Å². The molecule has 2 aromatic rings. The van der Waals surface area contributed by atoms with Crippen LogP contribution in [0.3, 0.4) is 0 Å². The lowest BCUT2D eigenvalue weighted by atomic mass is 9.88. The topological polar surface area (TPSA) is 39.1 Å². The highest BCUT2D eigenvalue weighted by Gasteiger charge is 2.31. The first kappa shape index (κ1) is 13.6. The molecule has 1 fully saturated rings. The molecule has 0 amide bonds. The van der Waals surface area contributed by atoms with Gasteiger partial charge >= 0.3 is 0 Å². The van der Waals surface area contributed by atoms with E-state index in [-0.39, 0.29) is 6.04 Å². The second-order valence-electron chi connectivity index (χ2n) is 5.65. The third-order valence-corrected chi connectivity index (χ3v) is 4.19. The molecule has 1 heterocycles. The number of nitrogens with one attached hydrogen (secondary N) is 1. The van der Waals surface area contributed by atoms with Crippen molar-refractivity contribution < 1.29 is 4.74 Å². The van der Waals surface area contributed by atoms with Gasteiger partial charge in [-0.05, 0) is 38.8 Å². The van der Waals surface area contributed by atoms with Crippen LogP contribution in [0.15, 0.2) is 24.3 Å². The summed E-state index contributed by atoms with van der Waals surface area (Å²) < 4.78 is 7.79. The Morgan fingerprint density at radius 2 is 2.15 bits per heavy atom. The van der Waals surface area contributed by atoms with Gasteiger partial charge in [0.15, 0.2) is 0 Å². The van der Waals surface area contributed by atoms with E-state index in [1.165, 1.54) is 5.52 Å². The lowest BCUT2D eigenvalue weighted by molar-refractivity contribution is -0.0122. The molecular weight excluding hydrogens is 250 g/mol. The summed E-state index contributed by atoms with van der Waals surface area (Å²) in [4.78, 5) is 4.75. The van der Waals surface area contributed by atoms with Crippen molar-refractivity contribution in [3.63, 3.8) is 0 Å². The van der Waals surface area contributed by atoms with Gasteiger partial charge in [-0.25, -0.2) is 4.98 Å². The second kappa shape index (κ2) is 5.54. The number of ether oxygens (including phenoxy) is 1. The number of benzene rings is 1. The van der Waals surface area contributed by atoms with Crippen LogP contribution in [-0.4, -0.2) is 28.3 Å². The quantitative estimate of drug-likeness (QED) is 0.910. The van der Waals surface area contributed by atoms with Gasteiger partial charge in [-0.3, -0.25) is 0 Å². The molecule has 0 radical (unpaired) electrons. The van der Waals surface area contributed by atoms with Crippen molar-refractivity contribution in [2.75, 3.05) is 6.61 Å². The Labute approximate surface area is 120 Å². The van der Waals surface area contributed by atoms with E-state index in [1.54, 1.807) is 0 Å². The number of hydrogen-bond donors (Lipinski definition) is 1. The van der Waals surface area contributed by atoms with Gasteiger partial charge in [-0.15, -0.1) is 0 Å². The fraction of sp³-hybridized carbons (Fsp3) is 0.562. The van der Waals surface area contributed by atoms with Crippen molar-refractivity contribution in [2.24, 2.45) is 7.05 Å². The molecule has 108 valence electrons. The summed E-state index contributed by atoms with van der Waals surface area (Å²) in [6.07, 6.45) is 2.68. The lowest BCUT2D eigenvalue weighted by Gasteiger charge is -2.37. The summed E-state index contributed by atoms with van der Waals surface area (Å²) >= 11 is 0. The van der Waals surface area contributed by atoms with Crippen molar-refractivity contribution in [1.82, 2.24) is 14.9 Å². The monoisotopic (exact) mass is 273 g/mol. The van der Waals surface area contributed by atoms with Crippen molar-refractivity contribution in [3.8, 4) is 0 Å². The van der Waals surface area contributed by atoms with Crippen LogP contribution < -0.4 is 5.32 Å². The molecule has 20 heavy (non-hydrogen) atoms. The summed E-state index contributed by atoms with van der Waals surface area (Å²) in [6, 6.07) is 9.11. The normalized spacial score (nSPS) is 23.8. The first-order valence-electron chi connectivity index (χ1n) is 7.48. The number of hydrogen-bond acceptors (Lipinski definition) is 3. The number of aromatic nitrogens is 2. The van der Waals surface area contributed by atoms with E-state index in [0.717, 1.165) is 30.8 Å². The molecule has 1 aromatic heterocycles. The van der Waals surface area contributed by atoms with Gasteiger partial charge < -0.3 is 14.6 Å². The molecule has 0 spiro atoms. The first-order valence-corrected chi connectivity index (χ1v) is 7.48. The van der Waals surface area contributed by atoms with E-state index in [0.29, 0.717) is 12.1 Å². The highest BCUT2D eigenvalue weighted by molar-refractivity contribution is 5.75. The van der Waals surface area contributed by atoms with Gasteiger partial charge in [0.05, 0.1) is 23.2 Å². The SMILES string of the molecule is CCOC1CC(NC(C)c2nc3ccccc3n2C)C1. The molecule has 1 saturated carbocycles. The smallest absolute Gasteiger partial charge is 0.126 e. The third kappa shape index (κ3) is 2.45. The van der Waals surface area contributed by atoms with E-state index in [4.69, 9.17) is 9.72 Å². The summed E-state index contributed by atoms with van der Waals surface area (Å²) in [6.45, 7) is 5.07.